The monoisotopic (exact) mass is 905 g/mol. The minimum Gasteiger partial charge on any atom is -0.458 e. The smallest absolute Gasteiger partial charge is 0.410 e. The van der Waals surface area contributed by atoms with Gasteiger partial charge in [-0.25, -0.2) is 4.79 Å². The number of pyridine rings is 1. The second-order valence-electron chi connectivity index (χ2n) is 19.1. The number of rotatable bonds is 13. The summed E-state index contributed by atoms with van der Waals surface area (Å²) in [5.41, 5.74) is 6.90. The van der Waals surface area contributed by atoms with Crippen LogP contribution in [0, 0.1) is 17.8 Å². The average Bonchev–Trinajstić information content (AvgIpc) is 3.86. The molecule has 0 bridgehead atoms. The van der Waals surface area contributed by atoms with Crippen molar-refractivity contribution in [3.8, 4) is 11.3 Å². The quantitative estimate of drug-likeness (QED) is 0.0867. The van der Waals surface area contributed by atoms with Gasteiger partial charge in [0.05, 0.1) is 30.0 Å². The fourth-order valence-electron chi connectivity index (χ4n) is 10.3. The molecule has 6 rings (SSSR count). The van der Waals surface area contributed by atoms with Crippen LogP contribution in [0.15, 0.2) is 55.0 Å². The molecule has 65 heavy (non-hydrogen) atoms. The molecule has 0 saturated carbocycles. The van der Waals surface area contributed by atoms with Crippen molar-refractivity contribution in [2.24, 2.45) is 17.8 Å². The first-order chi connectivity index (χ1) is 30.9. The number of carbonyl (C=O) groups excluding carboxylic acids is 3. The third-order valence-corrected chi connectivity index (χ3v) is 13.9. The van der Waals surface area contributed by atoms with E-state index in [0.717, 1.165) is 16.8 Å². The Morgan fingerprint density at radius 1 is 1.06 bits per heavy atom. The molecule has 1 aromatic carbocycles. The zero-order valence-corrected chi connectivity index (χ0v) is 39.9. The molecule has 0 aliphatic carbocycles. The maximum Gasteiger partial charge on any atom is 0.410 e. The molecule has 3 aliphatic heterocycles. The van der Waals surface area contributed by atoms with Crippen molar-refractivity contribution in [2.75, 3.05) is 33.0 Å². The Morgan fingerprint density at radius 2 is 1.82 bits per heavy atom. The predicted molar refractivity (Wildman–Crippen MR) is 244 cm³/mol. The van der Waals surface area contributed by atoms with E-state index in [1.165, 1.54) is 6.92 Å². The zero-order valence-electron chi connectivity index (χ0n) is 39.9. The number of carbonyl (C=O) groups is 3. The van der Waals surface area contributed by atoms with Crippen LogP contribution in [0.25, 0.3) is 11.3 Å². The number of cyclic esters (lactones) is 1. The number of nitrogens with one attached hydrogen (secondary N) is 1. The molecule has 2 aromatic heterocycles. The SMILES string of the molecule is CC[C@H]1OC(=O)[C@H](C)C(=O)[C@H](C)[C@@H](O[C@@H]2O[C@H](C)CC(N(C)Cc3cccnc3)C2O)[C@](C)(OC)C[C@@H](C)CN[C@H](C)[C@H]2N(CCCCn3cc(-c4cccc(N)c4)nn3)C(=O)O[C@]12C. The van der Waals surface area contributed by atoms with Gasteiger partial charge in [0.15, 0.2) is 17.7 Å². The number of nitrogens with zero attached hydrogens (tertiary/aromatic N) is 6. The molecule has 17 heteroatoms. The van der Waals surface area contributed by atoms with E-state index in [0.29, 0.717) is 64.0 Å². The number of benzene rings is 1. The number of anilines is 1. The highest BCUT2D eigenvalue weighted by atomic mass is 16.7. The molecule has 2 unspecified atom stereocenters. The lowest BCUT2D eigenvalue weighted by Crippen LogP contribution is -2.61. The van der Waals surface area contributed by atoms with Gasteiger partial charge in [0.2, 0.25) is 0 Å². The maximum absolute atomic E-state index is 14.6. The number of aryl methyl sites for hydroxylation is 1. The van der Waals surface area contributed by atoms with Gasteiger partial charge in [-0.15, -0.1) is 5.10 Å². The molecular formula is C48H72N8O9. The molecule has 3 aliphatic rings. The molecule has 358 valence electrons. The van der Waals surface area contributed by atoms with Gasteiger partial charge in [0, 0.05) is 68.4 Å². The highest BCUT2D eigenvalue weighted by molar-refractivity contribution is 6.00. The Bertz CT molecular complexity index is 2060. The first kappa shape index (κ1) is 49.9. The summed E-state index contributed by atoms with van der Waals surface area (Å²) in [5.74, 6) is -3.27. The van der Waals surface area contributed by atoms with E-state index in [1.807, 2.05) is 84.3 Å². The van der Waals surface area contributed by atoms with Crippen molar-refractivity contribution in [2.45, 2.75) is 161 Å². The minimum atomic E-state index is -1.25. The highest BCUT2D eigenvalue weighted by Crippen LogP contribution is 2.40. The minimum absolute atomic E-state index is 0.0367. The van der Waals surface area contributed by atoms with Crippen LogP contribution in [-0.4, -0.2) is 140 Å². The maximum atomic E-state index is 14.6. The highest BCUT2D eigenvalue weighted by Gasteiger charge is 2.58. The lowest BCUT2D eigenvalue weighted by atomic mass is 9.78. The van der Waals surface area contributed by atoms with Gasteiger partial charge in [0.25, 0.3) is 0 Å². The Labute approximate surface area is 384 Å². The van der Waals surface area contributed by atoms with Crippen molar-refractivity contribution in [1.82, 2.24) is 35.1 Å². The lowest BCUT2D eigenvalue weighted by Gasteiger charge is -2.47. The molecule has 1 amide bonds. The number of Topliss-reactive ketones (excluding diaryl/α,β-unsaturated/α-hetero) is 1. The summed E-state index contributed by atoms with van der Waals surface area (Å²) in [4.78, 5) is 50.7. The third-order valence-electron chi connectivity index (χ3n) is 13.9. The molecule has 0 spiro atoms. The first-order valence-corrected chi connectivity index (χ1v) is 23.3. The van der Waals surface area contributed by atoms with E-state index in [9.17, 15) is 19.5 Å². The van der Waals surface area contributed by atoms with Gasteiger partial charge in [-0.1, -0.05) is 44.2 Å². The van der Waals surface area contributed by atoms with Crippen LogP contribution in [-0.2, 0) is 46.4 Å². The number of likely N-dealkylation sites (N-methyl/N-ethyl adjacent to an activating group) is 1. The number of hydrogen-bond donors (Lipinski definition) is 3. The third kappa shape index (κ3) is 11.4. The van der Waals surface area contributed by atoms with Gasteiger partial charge in [0.1, 0.15) is 23.8 Å². The number of esters is 1. The summed E-state index contributed by atoms with van der Waals surface area (Å²) in [6.07, 6.45) is 3.36. The molecule has 5 heterocycles. The molecule has 17 nitrogen and oxygen atoms in total. The van der Waals surface area contributed by atoms with E-state index in [4.69, 9.17) is 29.4 Å². The van der Waals surface area contributed by atoms with Gasteiger partial charge in [-0.2, -0.15) is 0 Å². The number of aromatic nitrogens is 4. The van der Waals surface area contributed by atoms with Crippen molar-refractivity contribution in [3.05, 3.63) is 60.6 Å². The summed E-state index contributed by atoms with van der Waals surface area (Å²) in [6, 6.07) is 10.2. The number of nitrogen functional groups attached to an aromatic ring is 1. The fourth-order valence-corrected chi connectivity index (χ4v) is 10.3. The molecule has 3 aromatic rings. The number of aliphatic hydroxyl groups excluding tert-OH is 1. The van der Waals surface area contributed by atoms with Crippen LogP contribution in [0.3, 0.4) is 0 Å². The second kappa shape index (κ2) is 21.4. The number of fused-ring (bicyclic) bond motifs is 1. The zero-order chi connectivity index (χ0) is 47.2. The second-order valence-corrected chi connectivity index (χ2v) is 19.1. The standard InChI is InChI=1S/C48H72N8O9/c1-11-39-48(8)42(56(46(60)65-48)21-13-12-20-55-28-37(52-53-55)35-17-14-18-36(49)23-35)33(6)51-25-29(2)24-47(7,61-10)43(31(4)40(57)32(5)44(59)63-39)64-45-41(58)38(22-30(3)62-45)54(9)27-34-16-15-19-50-26-34/h14-19,23,26,28-33,38-39,41-43,45,51,58H,11-13,20-22,24-25,27,49H2,1-10H3/t29-,30-,31+,32-,33-,38?,39-,41?,42-,43-,45+,47-,48-/m1/s1. The van der Waals surface area contributed by atoms with E-state index < -0.39 is 71.5 Å². The predicted octanol–water partition coefficient (Wildman–Crippen LogP) is 5.25. The van der Waals surface area contributed by atoms with Gasteiger partial charge in [-0.3, -0.25) is 29.1 Å². The topological polar surface area (TPSA) is 206 Å². The summed E-state index contributed by atoms with van der Waals surface area (Å²) < 4.78 is 33.7. The van der Waals surface area contributed by atoms with Crippen LogP contribution in [0.4, 0.5) is 10.5 Å². The molecule has 3 fully saturated rings. The van der Waals surface area contributed by atoms with Gasteiger partial charge in [-0.05, 0) is 110 Å². The van der Waals surface area contributed by atoms with Crippen LogP contribution in [0.1, 0.15) is 93.1 Å². The Balaban J connectivity index is 1.21. The number of nitrogens with two attached hydrogens (primary N) is 1. The Morgan fingerprint density at radius 3 is 2.51 bits per heavy atom. The first-order valence-electron chi connectivity index (χ1n) is 23.3. The number of unbranched alkanes of at least 4 members (excludes halogenated alkanes) is 1. The van der Waals surface area contributed by atoms with E-state index in [-0.39, 0.29) is 24.1 Å². The van der Waals surface area contributed by atoms with Gasteiger partial charge >= 0.3 is 12.1 Å². The van der Waals surface area contributed by atoms with Crippen LogP contribution < -0.4 is 11.1 Å². The molecule has 0 radical (unpaired) electrons. The van der Waals surface area contributed by atoms with Crippen molar-refractivity contribution in [1.29, 1.82) is 0 Å². The summed E-state index contributed by atoms with van der Waals surface area (Å²) in [7, 11) is 3.54. The average molecular weight is 905 g/mol. The van der Waals surface area contributed by atoms with E-state index in [2.05, 4.69) is 32.4 Å². The number of ether oxygens (including phenoxy) is 5. The van der Waals surface area contributed by atoms with Crippen molar-refractivity contribution >= 4 is 23.5 Å². The van der Waals surface area contributed by atoms with Crippen molar-refractivity contribution in [3.63, 3.8) is 0 Å². The number of ketones is 1. The number of hydrogen-bond acceptors (Lipinski definition) is 15. The molecule has 3 saturated heterocycles. The van der Waals surface area contributed by atoms with E-state index in [1.54, 1.807) is 36.0 Å². The Hall–Kier alpha value is -4.52. The molecule has 4 N–H and O–H groups in total. The van der Waals surface area contributed by atoms with Gasteiger partial charge < -0.3 is 39.8 Å². The number of methoxy groups -OCH3 is 1. The van der Waals surface area contributed by atoms with Crippen molar-refractivity contribution < 1.29 is 43.2 Å². The van der Waals surface area contributed by atoms with Crippen LogP contribution in [0.2, 0.25) is 0 Å². The largest absolute Gasteiger partial charge is 0.458 e. The summed E-state index contributed by atoms with van der Waals surface area (Å²) in [5, 5.41) is 24.2. The number of amides is 1. The fraction of sp³-hybridized carbons (Fsp3) is 0.667. The summed E-state index contributed by atoms with van der Waals surface area (Å²) in [6.45, 7) is 17.0. The Kier molecular flexibility index (Phi) is 16.4. The summed E-state index contributed by atoms with van der Waals surface area (Å²) >= 11 is 0. The van der Waals surface area contributed by atoms with Crippen LogP contribution in [0.5, 0.6) is 0 Å². The molecule has 13 atom stereocenters. The lowest BCUT2D eigenvalue weighted by molar-refractivity contribution is -0.296. The number of aliphatic hydroxyl groups is 1. The van der Waals surface area contributed by atoms with E-state index >= 15 is 0 Å². The normalized spacial score (nSPS) is 34.1. The van der Waals surface area contributed by atoms with Crippen LogP contribution >= 0.6 is 0 Å². The molecular weight excluding hydrogens is 833 g/mol.